The molecule has 0 saturated heterocycles. The predicted octanol–water partition coefficient (Wildman–Crippen LogP) is 2.30. The number of hydrogen-bond donors (Lipinski definition) is 0. The summed E-state index contributed by atoms with van der Waals surface area (Å²) in [6.07, 6.45) is 9.50. The summed E-state index contributed by atoms with van der Waals surface area (Å²) in [5.74, 6) is 0. The van der Waals surface area contributed by atoms with Gasteiger partial charge in [-0.3, -0.25) is 0 Å². The van der Waals surface area contributed by atoms with E-state index >= 15 is 0 Å². The molecule has 0 amide bonds. The van der Waals surface area contributed by atoms with E-state index in [2.05, 4.69) is 55.3 Å². The number of hydrogen-bond acceptors (Lipinski definition) is 0. The zero-order chi connectivity index (χ0) is 10.2. The van der Waals surface area contributed by atoms with Crippen molar-refractivity contribution in [3.05, 3.63) is 36.2 Å². The van der Waals surface area contributed by atoms with Gasteiger partial charge < -0.3 is 0 Å². The molecular formula is C13H19Li2. The standard InChI is InChI=1S/C7H7.C6H11.2Li.H/c1-7-5-3-2-4-6-7;1-2-4-6-5-3-1;;;/h3-6H,1H3;1H,2-6H2;;;. The maximum atomic E-state index is 2.39. The minimum atomic E-state index is 0. The van der Waals surface area contributed by atoms with Crippen molar-refractivity contribution in [2.75, 3.05) is 0 Å². The molecule has 1 radical (unpaired) electrons. The zero-order valence-electron chi connectivity index (χ0n) is 9.42. The van der Waals surface area contributed by atoms with E-state index in [9.17, 15) is 0 Å². The third-order valence-electron chi connectivity index (χ3n) is 2.53. The molecule has 0 heterocycles. The van der Waals surface area contributed by atoms with Crippen molar-refractivity contribution in [2.24, 2.45) is 0 Å². The Hall–Kier alpha value is 0.415. The Morgan fingerprint density at radius 2 is 1.47 bits per heavy atom. The summed E-state index contributed by atoms with van der Waals surface area (Å²) in [5, 5.41) is 0. The topological polar surface area (TPSA) is 0 Å². The van der Waals surface area contributed by atoms with Crippen molar-refractivity contribution in [3.63, 3.8) is 0 Å². The first-order valence-corrected chi connectivity index (χ1v) is 5.64. The molecule has 1 aromatic rings. The van der Waals surface area contributed by atoms with Gasteiger partial charge in [0.05, 0.1) is 0 Å². The van der Waals surface area contributed by atoms with Crippen LogP contribution in [0.2, 0.25) is 0 Å². The molecule has 73 valence electrons. The fourth-order valence-electron chi connectivity index (χ4n) is 1.54. The first-order valence-electron chi connectivity index (χ1n) is 5.64. The van der Waals surface area contributed by atoms with Crippen LogP contribution >= 0.6 is 0 Å². The summed E-state index contributed by atoms with van der Waals surface area (Å²) in [7, 11) is 0. The van der Waals surface area contributed by atoms with Crippen molar-refractivity contribution < 1.29 is 0 Å². The molecule has 0 nitrogen and oxygen atoms in total. The Kier molecular flexibility index (Phi) is 9.89. The fourth-order valence-corrected chi connectivity index (χ4v) is 1.54. The van der Waals surface area contributed by atoms with Crippen LogP contribution in [0.5, 0.6) is 0 Å². The molecule has 0 spiro atoms. The normalized spacial score (nSPS) is 14.6. The van der Waals surface area contributed by atoms with E-state index in [1.807, 2.05) is 0 Å². The van der Waals surface area contributed by atoms with Gasteiger partial charge >= 0.3 is 77.6 Å². The first kappa shape index (κ1) is 15.4. The first-order chi connectivity index (χ1) is 6.79. The Bertz CT molecular complexity index is 205. The van der Waals surface area contributed by atoms with Crippen LogP contribution in [0.15, 0.2) is 24.3 Å². The van der Waals surface area contributed by atoms with Gasteiger partial charge in [0.1, 0.15) is 0 Å². The van der Waals surface area contributed by atoms with Gasteiger partial charge in [-0.05, 0) is 6.42 Å². The average molecular weight is 189 g/mol. The minimum absolute atomic E-state index is 0. The van der Waals surface area contributed by atoms with Gasteiger partial charge in [-0.15, -0.1) is 0 Å². The van der Waals surface area contributed by atoms with Gasteiger partial charge in [-0.25, -0.2) is 0 Å². The van der Waals surface area contributed by atoms with Crippen molar-refractivity contribution in [3.8, 4) is 0 Å². The van der Waals surface area contributed by atoms with E-state index in [0.29, 0.717) is 0 Å². The van der Waals surface area contributed by atoms with Crippen LogP contribution in [-0.2, 0) is 0 Å². The van der Waals surface area contributed by atoms with Crippen LogP contribution in [0.3, 0.4) is 0 Å². The van der Waals surface area contributed by atoms with E-state index in [0.717, 1.165) is 0 Å². The summed E-state index contributed by atoms with van der Waals surface area (Å²) in [4.78, 5) is 0. The number of aryl methyl sites for hydroxylation is 1. The zero-order valence-corrected chi connectivity index (χ0v) is 9.42. The van der Waals surface area contributed by atoms with Crippen molar-refractivity contribution in [1.29, 1.82) is 0 Å². The molecule has 0 bridgehead atoms. The van der Waals surface area contributed by atoms with E-state index < -0.39 is 0 Å². The van der Waals surface area contributed by atoms with E-state index in [4.69, 9.17) is 0 Å². The summed E-state index contributed by atoms with van der Waals surface area (Å²) in [6, 6.07) is 8.48. The Balaban J connectivity index is 0.000000253. The van der Waals surface area contributed by atoms with Crippen LogP contribution in [0.4, 0.5) is 0 Å². The maximum absolute atomic E-state index is 2.39. The van der Waals surface area contributed by atoms with E-state index in [1.165, 1.54) is 41.9 Å². The van der Waals surface area contributed by atoms with Crippen molar-refractivity contribution in [1.82, 2.24) is 0 Å². The molecule has 1 saturated carbocycles. The second kappa shape index (κ2) is 9.63. The van der Waals surface area contributed by atoms with Gasteiger partial charge in [0.25, 0.3) is 0 Å². The molecule has 1 fully saturated rings. The van der Waals surface area contributed by atoms with E-state index in [1.54, 1.807) is 0 Å². The van der Waals surface area contributed by atoms with E-state index in [-0.39, 0.29) is 18.9 Å². The second-order valence-electron chi connectivity index (χ2n) is 4.08. The molecule has 15 heavy (non-hydrogen) atoms. The number of rotatable bonds is 0. The molecule has 0 unspecified atom stereocenters. The third kappa shape index (κ3) is 8.25. The molecule has 1 aliphatic rings. The molecule has 2 rings (SSSR count). The predicted molar refractivity (Wildman–Crippen MR) is 71.1 cm³/mol. The average Bonchev–Trinajstić information content (AvgIpc) is 2.26. The van der Waals surface area contributed by atoms with Crippen LogP contribution in [0.1, 0.15) is 37.7 Å². The molecular weight excluding hydrogens is 170 g/mol. The Labute approximate surface area is 116 Å². The molecule has 2 heteroatoms. The summed E-state index contributed by atoms with van der Waals surface area (Å²) < 4.78 is 1.33. The molecule has 0 aliphatic heterocycles. The van der Waals surface area contributed by atoms with Gasteiger partial charge in [0.15, 0.2) is 0 Å². The Morgan fingerprint density at radius 3 is 1.73 bits per heavy atom. The van der Waals surface area contributed by atoms with Crippen molar-refractivity contribution in [2.45, 2.75) is 39.0 Å². The Morgan fingerprint density at radius 1 is 0.933 bits per heavy atom. The monoisotopic (exact) mass is 189 g/mol. The van der Waals surface area contributed by atoms with Crippen LogP contribution in [0.25, 0.3) is 0 Å². The molecule has 0 aromatic heterocycles. The third-order valence-corrected chi connectivity index (χ3v) is 2.53. The number of benzene rings is 1. The van der Waals surface area contributed by atoms with Gasteiger partial charge in [0.2, 0.25) is 0 Å². The second-order valence-corrected chi connectivity index (χ2v) is 4.08. The summed E-state index contributed by atoms with van der Waals surface area (Å²) >= 11 is 2.10. The van der Waals surface area contributed by atoms with Gasteiger partial charge in [-0.1, -0.05) is 32.1 Å². The van der Waals surface area contributed by atoms with Crippen LogP contribution in [0, 0.1) is 13.3 Å². The molecule has 0 N–H and O–H groups in total. The quantitative estimate of drug-likeness (QED) is 0.549. The molecule has 1 aliphatic carbocycles. The van der Waals surface area contributed by atoms with Gasteiger partial charge in [-0.2, -0.15) is 0 Å². The molecule has 1 aromatic carbocycles. The van der Waals surface area contributed by atoms with Crippen LogP contribution < -0.4 is 4.24 Å². The SMILES string of the molecule is [CH]1CCCCC1.[LiH].[Li][c]1ccc(C)cc1. The fraction of sp³-hybridized carbons (Fsp3) is 0.462. The summed E-state index contributed by atoms with van der Waals surface area (Å²) in [5.41, 5.74) is 1.33. The van der Waals surface area contributed by atoms with Crippen LogP contribution in [-0.4, -0.2) is 36.6 Å². The van der Waals surface area contributed by atoms with Gasteiger partial charge in [0, 0.05) is 0 Å². The molecule has 0 atom stereocenters. The van der Waals surface area contributed by atoms with Crippen molar-refractivity contribution >= 4 is 40.8 Å². The summed E-state index contributed by atoms with van der Waals surface area (Å²) in [6.45, 7) is 2.10.